The van der Waals surface area contributed by atoms with Gasteiger partial charge in [-0.2, -0.15) is 0 Å². The van der Waals surface area contributed by atoms with Gasteiger partial charge in [-0.05, 0) is 17.9 Å². The Hall–Kier alpha value is -0.910. The van der Waals surface area contributed by atoms with Gasteiger partial charge in [0.2, 0.25) is 10.0 Å². The van der Waals surface area contributed by atoms with Crippen molar-refractivity contribution in [3.63, 3.8) is 0 Å². The minimum absolute atomic E-state index is 0.0792. The highest BCUT2D eigenvalue weighted by atomic mass is 32.2. The first-order valence-electron chi connectivity index (χ1n) is 6.26. The second kappa shape index (κ2) is 5.38. The maximum absolute atomic E-state index is 12.3. The second-order valence-electron chi connectivity index (χ2n) is 5.03. The molecule has 1 saturated heterocycles. The van der Waals surface area contributed by atoms with Crippen molar-refractivity contribution in [2.75, 3.05) is 13.1 Å². The van der Waals surface area contributed by atoms with E-state index in [-0.39, 0.29) is 17.7 Å². The molecule has 2 rings (SSSR count). The average molecular weight is 268 g/mol. The Labute approximate surface area is 109 Å². The molecule has 18 heavy (non-hydrogen) atoms. The Kier molecular flexibility index (Phi) is 4.04. The molecule has 1 aromatic carbocycles. The van der Waals surface area contributed by atoms with Crippen LogP contribution in [-0.2, 0) is 15.8 Å². The lowest BCUT2D eigenvalue weighted by Gasteiger charge is -2.34. The predicted molar refractivity (Wildman–Crippen MR) is 72.4 cm³/mol. The van der Waals surface area contributed by atoms with Gasteiger partial charge in [0.1, 0.15) is 0 Å². The molecule has 5 heteroatoms. The Bertz CT molecular complexity index is 487. The van der Waals surface area contributed by atoms with Crippen LogP contribution in [0.15, 0.2) is 30.3 Å². The Morgan fingerprint density at radius 2 is 2.00 bits per heavy atom. The Morgan fingerprint density at radius 1 is 1.33 bits per heavy atom. The first kappa shape index (κ1) is 13.5. The quantitative estimate of drug-likeness (QED) is 0.895. The van der Waals surface area contributed by atoms with Gasteiger partial charge in [-0.1, -0.05) is 37.3 Å². The summed E-state index contributed by atoms with van der Waals surface area (Å²) < 4.78 is 26.2. The molecule has 0 radical (unpaired) electrons. The molecule has 1 aliphatic rings. The van der Waals surface area contributed by atoms with Crippen LogP contribution in [0.5, 0.6) is 0 Å². The Balaban J connectivity index is 2.08. The zero-order valence-corrected chi connectivity index (χ0v) is 11.4. The van der Waals surface area contributed by atoms with E-state index in [0.29, 0.717) is 13.1 Å². The summed E-state index contributed by atoms with van der Waals surface area (Å²) >= 11 is 0. The van der Waals surface area contributed by atoms with E-state index in [0.717, 1.165) is 12.0 Å². The van der Waals surface area contributed by atoms with Crippen LogP contribution in [0, 0.1) is 5.92 Å². The molecular weight excluding hydrogens is 248 g/mol. The van der Waals surface area contributed by atoms with Crippen LogP contribution in [-0.4, -0.2) is 31.9 Å². The van der Waals surface area contributed by atoms with E-state index in [1.165, 1.54) is 0 Å². The number of benzene rings is 1. The summed E-state index contributed by atoms with van der Waals surface area (Å²) in [6.45, 7) is 3.09. The van der Waals surface area contributed by atoms with E-state index in [9.17, 15) is 8.42 Å². The molecule has 0 aliphatic carbocycles. The molecular formula is C13H20N2O2S. The van der Waals surface area contributed by atoms with Crippen LogP contribution in [0.4, 0.5) is 0 Å². The summed E-state index contributed by atoms with van der Waals surface area (Å²) in [6, 6.07) is 9.41. The van der Waals surface area contributed by atoms with Crippen LogP contribution < -0.4 is 5.73 Å². The number of rotatable bonds is 3. The van der Waals surface area contributed by atoms with Gasteiger partial charge < -0.3 is 5.73 Å². The van der Waals surface area contributed by atoms with E-state index in [1.807, 2.05) is 37.3 Å². The van der Waals surface area contributed by atoms with Crippen molar-refractivity contribution in [3.05, 3.63) is 35.9 Å². The maximum atomic E-state index is 12.3. The van der Waals surface area contributed by atoms with Gasteiger partial charge in [-0.25, -0.2) is 12.7 Å². The van der Waals surface area contributed by atoms with Crippen molar-refractivity contribution in [1.29, 1.82) is 0 Å². The topological polar surface area (TPSA) is 63.4 Å². The fourth-order valence-corrected chi connectivity index (χ4v) is 3.90. The molecule has 0 amide bonds. The van der Waals surface area contributed by atoms with Crippen molar-refractivity contribution in [1.82, 2.24) is 4.31 Å². The molecule has 0 bridgehead atoms. The number of nitrogens with zero attached hydrogens (tertiary/aromatic N) is 1. The number of hydrogen-bond acceptors (Lipinski definition) is 3. The van der Waals surface area contributed by atoms with Crippen LogP contribution in [0.1, 0.15) is 18.9 Å². The first-order chi connectivity index (χ1) is 8.49. The predicted octanol–water partition coefficient (Wildman–Crippen LogP) is 1.19. The van der Waals surface area contributed by atoms with Crippen LogP contribution in [0.2, 0.25) is 0 Å². The largest absolute Gasteiger partial charge is 0.327 e. The van der Waals surface area contributed by atoms with Crippen molar-refractivity contribution >= 4 is 10.0 Å². The van der Waals surface area contributed by atoms with Crippen molar-refractivity contribution in [2.24, 2.45) is 11.7 Å². The fraction of sp³-hybridized carbons (Fsp3) is 0.538. The fourth-order valence-electron chi connectivity index (χ4n) is 2.25. The summed E-state index contributed by atoms with van der Waals surface area (Å²) in [6.07, 6.45) is 0.745. The van der Waals surface area contributed by atoms with E-state index >= 15 is 0 Å². The van der Waals surface area contributed by atoms with Crippen LogP contribution in [0.25, 0.3) is 0 Å². The molecule has 1 fully saturated rings. The minimum atomic E-state index is -3.21. The average Bonchev–Trinajstić information content (AvgIpc) is 2.33. The second-order valence-corrected chi connectivity index (χ2v) is 7.00. The van der Waals surface area contributed by atoms with E-state index < -0.39 is 10.0 Å². The van der Waals surface area contributed by atoms with Gasteiger partial charge >= 0.3 is 0 Å². The SMILES string of the molecule is CC1CN(S(=O)(=O)Cc2ccccc2)CCC1N. The van der Waals surface area contributed by atoms with Gasteiger partial charge in [0, 0.05) is 19.1 Å². The van der Waals surface area contributed by atoms with Crippen molar-refractivity contribution < 1.29 is 8.42 Å². The summed E-state index contributed by atoms with van der Waals surface area (Å²) in [7, 11) is -3.21. The number of nitrogens with two attached hydrogens (primary N) is 1. The molecule has 2 unspecified atom stereocenters. The highest BCUT2D eigenvalue weighted by Gasteiger charge is 2.30. The van der Waals surface area contributed by atoms with E-state index in [1.54, 1.807) is 4.31 Å². The standard InChI is InChI=1S/C13H20N2O2S/c1-11-9-15(8-7-13(11)14)18(16,17)10-12-5-3-2-4-6-12/h2-6,11,13H,7-10,14H2,1H3. The molecule has 1 heterocycles. The summed E-state index contributed by atoms with van der Waals surface area (Å²) in [4.78, 5) is 0. The summed E-state index contributed by atoms with van der Waals surface area (Å²) in [5, 5.41) is 0. The van der Waals surface area contributed by atoms with Gasteiger partial charge in [0.15, 0.2) is 0 Å². The lowest BCUT2D eigenvalue weighted by molar-refractivity contribution is 0.250. The number of piperidine rings is 1. The molecule has 0 spiro atoms. The van der Waals surface area contributed by atoms with E-state index in [4.69, 9.17) is 5.73 Å². The van der Waals surface area contributed by atoms with Crippen molar-refractivity contribution in [2.45, 2.75) is 25.1 Å². The lowest BCUT2D eigenvalue weighted by atomic mass is 9.96. The molecule has 0 aromatic heterocycles. The van der Waals surface area contributed by atoms with Crippen LogP contribution >= 0.6 is 0 Å². The van der Waals surface area contributed by atoms with Crippen LogP contribution in [0.3, 0.4) is 0 Å². The number of sulfonamides is 1. The highest BCUT2D eigenvalue weighted by Crippen LogP contribution is 2.20. The Morgan fingerprint density at radius 3 is 2.61 bits per heavy atom. The van der Waals surface area contributed by atoms with Gasteiger partial charge in [-0.15, -0.1) is 0 Å². The van der Waals surface area contributed by atoms with Crippen molar-refractivity contribution in [3.8, 4) is 0 Å². The first-order valence-corrected chi connectivity index (χ1v) is 7.87. The van der Waals surface area contributed by atoms with Gasteiger partial charge in [0.25, 0.3) is 0 Å². The third-order valence-corrected chi connectivity index (χ3v) is 5.34. The third-order valence-electron chi connectivity index (χ3n) is 3.52. The minimum Gasteiger partial charge on any atom is -0.327 e. The maximum Gasteiger partial charge on any atom is 0.218 e. The number of hydrogen-bond donors (Lipinski definition) is 1. The van der Waals surface area contributed by atoms with Gasteiger partial charge in [0.05, 0.1) is 5.75 Å². The monoisotopic (exact) mass is 268 g/mol. The normalized spacial score (nSPS) is 26.1. The molecule has 4 nitrogen and oxygen atoms in total. The molecule has 100 valence electrons. The summed E-state index contributed by atoms with van der Waals surface area (Å²) in [5.41, 5.74) is 6.75. The molecule has 2 N–H and O–H groups in total. The highest BCUT2D eigenvalue weighted by molar-refractivity contribution is 7.88. The smallest absolute Gasteiger partial charge is 0.218 e. The van der Waals surface area contributed by atoms with Gasteiger partial charge in [-0.3, -0.25) is 0 Å². The third kappa shape index (κ3) is 3.10. The molecule has 1 aliphatic heterocycles. The lowest BCUT2D eigenvalue weighted by Crippen LogP contribution is -2.48. The zero-order chi connectivity index (χ0) is 13.2. The summed E-state index contributed by atoms with van der Waals surface area (Å²) in [5.74, 6) is 0.305. The molecule has 2 atom stereocenters. The van der Waals surface area contributed by atoms with E-state index in [2.05, 4.69) is 0 Å². The molecule has 0 saturated carbocycles. The zero-order valence-electron chi connectivity index (χ0n) is 10.6. The molecule has 1 aromatic rings.